The van der Waals surface area contributed by atoms with E-state index in [1.54, 1.807) is 11.0 Å². The Balaban J connectivity index is 1.75. The summed E-state index contributed by atoms with van der Waals surface area (Å²) < 4.78 is 6.45. The van der Waals surface area contributed by atoms with Crippen molar-refractivity contribution in [2.45, 2.75) is 11.7 Å². The van der Waals surface area contributed by atoms with Gasteiger partial charge in [-0.2, -0.15) is 0 Å². The van der Waals surface area contributed by atoms with Gasteiger partial charge in [0.1, 0.15) is 15.8 Å². The van der Waals surface area contributed by atoms with Gasteiger partial charge in [-0.15, -0.1) is 6.58 Å². The molecule has 0 saturated carbocycles. The number of rotatable bonds is 5. The van der Waals surface area contributed by atoms with Crippen LogP contribution in [-0.4, -0.2) is 26.9 Å². The number of halogens is 1. The minimum absolute atomic E-state index is 0.00981. The Kier molecular flexibility index (Phi) is 4.90. The van der Waals surface area contributed by atoms with E-state index in [0.717, 1.165) is 11.3 Å². The molecular weight excluding hydrogens is 350 g/mol. The summed E-state index contributed by atoms with van der Waals surface area (Å²) in [5, 5.41) is 0.394. The maximum Gasteiger partial charge on any atom is 0.242 e. The first-order valence-corrected chi connectivity index (χ1v) is 8.73. The van der Waals surface area contributed by atoms with Crippen molar-refractivity contribution in [2.24, 2.45) is 0 Å². The lowest BCUT2D eigenvalue weighted by atomic mass is 10.2. The minimum Gasteiger partial charge on any atom is -0.461 e. The van der Waals surface area contributed by atoms with Crippen LogP contribution >= 0.6 is 35.6 Å². The molecule has 1 aromatic heterocycles. The molecule has 0 bridgehead atoms. The highest BCUT2D eigenvalue weighted by atomic mass is 35.5. The van der Waals surface area contributed by atoms with Crippen molar-refractivity contribution in [3.05, 3.63) is 59.8 Å². The molecule has 1 unspecified atom stereocenters. The molecule has 2 aromatic rings. The van der Waals surface area contributed by atoms with E-state index in [-0.39, 0.29) is 11.2 Å². The predicted molar refractivity (Wildman–Crippen MR) is 98.7 cm³/mol. The zero-order chi connectivity index (χ0) is 16.4. The first-order chi connectivity index (χ1) is 11.1. The number of thiocarbonyl (C=S) groups is 1. The van der Waals surface area contributed by atoms with Gasteiger partial charge in [-0.1, -0.05) is 53.8 Å². The average molecular weight is 364 g/mol. The molecule has 1 fully saturated rings. The Morgan fingerprint density at radius 1 is 1.35 bits per heavy atom. The Morgan fingerprint density at radius 3 is 2.87 bits per heavy atom. The van der Waals surface area contributed by atoms with Crippen LogP contribution in [0.15, 0.2) is 53.5 Å². The topological polar surface area (TPSA) is 33.5 Å². The van der Waals surface area contributed by atoms with Crippen LogP contribution in [0.4, 0.5) is 0 Å². The maximum atomic E-state index is 12.3. The van der Waals surface area contributed by atoms with E-state index in [2.05, 4.69) is 6.58 Å². The van der Waals surface area contributed by atoms with Crippen molar-refractivity contribution >= 4 is 45.8 Å². The van der Waals surface area contributed by atoms with Gasteiger partial charge in [0, 0.05) is 18.5 Å². The minimum atomic E-state index is -0.243. The molecule has 0 spiro atoms. The molecule has 1 atom stereocenters. The van der Waals surface area contributed by atoms with Gasteiger partial charge in [0.05, 0.1) is 10.3 Å². The quantitative estimate of drug-likeness (QED) is 0.576. The van der Waals surface area contributed by atoms with E-state index >= 15 is 0 Å². The Bertz CT molecular complexity index is 771. The second-order valence-electron chi connectivity index (χ2n) is 5.06. The summed E-state index contributed by atoms with van der Waals surface area (Å²) in [6, 6.07) is 11.3. The summed E-state index contributed by atoms with van der Waals surface area (Å²) in [5.41, 5.74) is 0.842. The monoisotopic (exact) mass is 363 g/mol. The van der Waals surface area contributed by atoms with Crippen molar-refractivity contribution in [3.8, 4) is 11.3 Å². The first kappa shape index (κ1) is 16.3. The van der Waals surface area contributed by atoms with Crippen molar-refractivity contribution in [2.75, 3.05) is 6.54 Å². The molecule has 1 aliphatic heterocycles. The Labute approximate surface area is 149 Å². The Morgan fingerprint density at radius 2 is 2.13 bits per heavy atom. The fraction of sp³-hybridized carbons (Fsp3) is 0.176. The van der Waals surface area contributed by atoms with Gasteiger partial charge in [-0.05, 0) is 24.3 Å². The van der Waals surface area contributed by atoms with Crippen molar-refractivity contribution in [1.82, 2.24) is 4.90 Å². The fourth-order valence-corrected chi connectivity index (χ4v) is 4.15. The molecule has 0 aliphatic carbocycles. The number of nitrogens with zero attached hydrogens (tertiary/aromatic N) is 1. The molecule has 23 heavy (non-hydrogen) atoms. The summed E-state index contributed by atoms with van der Waals surface area (Å²) in [6.45, 7) is 4.10. The molecule has 0 radical (unpaired) electrons. The summed E-state index contributed by atoms with van der Waals surface area (Å²) in [6.07, 6.45) is 2.18. The van der Waals surface area contributed by atoms with Gasteiger partial charge in [-0.3, -0.25) is 9.69 Å². The number of hydrogen-bond acceptors (Lipinski definition) is 4. The van der Waals surface area contributed by atoms with Crippen LogP contribution in [0.3, 0.4) is 0 Å². The zero-order valence-electron chi connectivity index (χ0n) is 12.2. The van der Waals surface area contributed by atoms with Crippen LogP contribution in [0, 0.1) is 0 Å². The number of benzene rings is 1. The average Bonchev–Trinajstić information content (AvgIpc) is 3.09. The standard InChI is InChI=1S/C17H14ClNO2S2/c1-2-9-19-16(20)15(23-17(19)22)10-11-7-8-14(21-11)12-5-3-4-6-13(12)18/h2-8,15H,1,9-10H2. The number of thioether (sulfide) groups is 1. The van der Waals surface area contributed by atoms with Gasteiger partial charge >= 0.3 is 0 Å². The number of amides is 1. The van der Waals surface area contributed by atoms with Gasteiger partial charge in [0.2, 0.25) is 5.91 Å². The normalized spacial score (nSPS) is 17.8. The summed E-state index contributed by atoms with van der Waals surface area (Å²) in [4.78, 5) is 13.9. The van der Waals surface area contributed by atoms with E-state index in [0.29, 0.717) is 28.1 Å². The molecule has 0 N–H and O–H groups in total. The highest BCUT2D eigenvalue weighted by molar-refractivity contribution is 8.24. The SMILES string of the molecule is C=CCN1C(=O)C(Cc2ccc(-c3ccccc3Cl)o2)SC1=S. The van der Waals surface area contributed by atoms with Crippen LogP contribution in [0.5, 0.6) is 0 Å². The summed E-state index contributed by atoms with van der Waals surface area (Å²) in [7, 11) is 0. The fourth-order valence-electron chi connectivity index (χ4n) is 2.40. The molecule has 2 heterocycles. The van der Waals surface area contributed by atoms with Crippen molar-refractivity contribution in [1.29, 1.82) is 0 Å². The first-order valence-electron chi connectivity index (χ1n) is 7.06. The van der Waals surface area contributed by atoms with E-state index in [1.807, 2.05) is 36.4 Å². The molecule has 1 amide bonds. The highest BCUT2D eigenvalue weighted by Crippen LogP contribution is 2.33. The number of carbonyl (C=O) groups excluding carboxylic acids is 1. The third-order valence-corrected chi connectivity index (χ3v) is 5.42. The van der Waals surface area contributed by atoms with Gasteiger partial charge in [0.25, 0.3) is 0 Å². The predicted octanol–water partition coefficient (Wildman–Crippen LogP) is 4.56. The second-order valence-corrected chi connectivity index (χ2v) is 7.30. The van der Waals surface area contributed by atoms with E-state index in [1.165, 1.54) is 11.8 Å². The Hall–Kier alpha value is -1.56. The van der Waals surface area contributed by atoms with Crippen LogP contribution in [0.2, 0.25) is 5.02 Å². The van der Waals surface area contributed by atoms with Crippen LogP contribution in [-0.2, 0) is 11.2 Å². The number of hydrogen-bond donors (Lipinski definition) is 0. The van der Waals surface area contributed by atoms with E-state index in [9.17, 15) is 4.79 Å². The second kappa shape index (κ2) is 6.91. The molecule has 3 rings (SSSR count). The molecule has 1 aliphatic rings. The lowest BCUT2D eigenvalue weighted by Gasteiger charge is -2.12. The molecule has 118 valence electrons. The highest BCUT2D eigenvalue weighted by Gasteiger charge is 2.36. The van der Waals surface area contributed by atoms with Crippen LogP contribution in [0.1, 0.15) is 5.76 Å². The molecule has 1 saturated heterocycles. The van der Waals surface area contributed by atoms with Crippen molar-refractivity contribution in [3.63, 3.8) is 0 Å². The lowest BCUT2D eigenvalue weighted by molar-refractivity contribution is -0.125. The van der Waals surface area contributed by atoms with Crippen LogP contribution in [0.25, 0.3) is 11.3 Å². The maximum absolute atomic E-state index is 12.3. The molecule has 6 heteroatoms. The van der Waals surface area contributed by atoms with Gasteiger partial charge in [-0.25, -0.2) is 0 Å². The number of carbonyl (C=O) groups is 1. The molecule has 1 aromatic carbocycles. The third-order valence-electron chi connectivity index (χ3n) is 3.50. The third kappa shape index (κ3) is 3.37. The molecular formula is C17H14ClNO2S2. The van der Waals surface area contributed by atoms with E-state index < -0.39 is 0 Å². The smallest absolute Gasteiger partial charge is 0.242 e. The summed E-state index contributed by atoms with van der Waals surface area (Å²) in [5.74, 6) is 1.45. The lowest BCUT2D eigenvalue weighted by Crippen LogP contribution is -2.32. The van der Waals surface area contributed by atoms with Gasteiger partial charge < -0.3 is 4.42 Å². The number of furan rings is 1. The molecule has 3 nitrogen and oxygen atoms in total. The van der Waals surface area contributed by atoms with Crippen LogP contribution < -0.4 is 0 Å². The largest absolute Gasteiger partial charge is 0.461 e. The van der Waals surface area contributed by atoms with Gasteiger partial charge in [0.15, 0.2) is 0 Å². The summed E-state index contributed by atoms with van der Waals surface area (Å²) >= 11 is 12.8. The van der Waals surface area contributed by atoms with Crippen molar-refractivity contribution < 1.29 is 9.21 Å². The zero-order valence-corrected chi connectivity index (χ0v) is 14.6. The van der Waals surface area contributed by atoms with E-state index in [4.69, 9.17) is 28.2 Å².